The molecule has 4 rings (SSSR count). The molecule has 2 heterocycles. The van der Waals surface area contributed by atoms with E-state index in [0.717, 1.165) is 16.3 Å². The molecule has 0 unspecified atom stereocenters. The van der Waals surface area contributed by atoms with E-state index >= 15 is 0 Å². The predicted molar refractivity (Wildman–Crippen MR) is 112 cm³/mol. The van der Waals surface area contributed by atoms with Crippen LogP contribution < -0.4 is 14.4 Å². The van der Waals surface area contributed by atoms with Crippen LogP contribution in [-0.2, 0) is 11.3 Å². The summed E-state index contributed by atoms with van der Waals surface area (Å²) in [7, 11) is 3.16. The van der Waals surface area contributed by atoms with Crippen molar-refractivity contribution in [1.29, 1.82) is 0 Å². The van der Waals surface area contributed by atoms with Gasteiger partial charge >= 0.3 is 5.97 Å². The van der Waals surface area contributed by atoms with Gasteiger partial charge in [-0.15, -0.1) is 0 Å². The number of ether oxygens (including phenoxy) is 3. The standard InChI is InChI=1S/C22H23N3O5/c1-4-25(5-6-26)22-23-10-15(11-24-22)19-16-9-18(29-3)17(28-2)8-13(16)7-14-12-30-21(27)20(14)19/h7-11,26H,4-6,12H2,1-3H3. The van der Waals surface area contributed by atoms with Crippen LogP contribution in [0.3, 0.4) is 0 Å². The van der Waals surface area contributed by atoms with E-state index in [2.05, 4.69) is 9.97 Å². The molecule has 0 saturated carbocycles. The highest BCUT2D eigenvalue weighted by molar-refractivity contribution is 6.11. The molecule has 8 heteroatoms. The van der Waals surface area contributed by atoms with Gasteiger partial charge in [-0.25, -0.2) is 14.8 Å². The van der Waals surface area contributed by atoms with Crippen LogP contribution in [0.25, 0.3) is 21.9 Å². The number of methoxy groups -OCH3 is 2. The van der Waals surface area contributed by atoms with E-state index < -0.39 is 0 Å². The normalized spacial score (nSPS) is 12.6. The number of esters is 1. The molecule has 8 nitrogen and oxygen atoms in total. The maximum atomic E-state index is 12.5. The molecule has 0 fully saturated rings. The Bertz CT molecular complexity index is 1100. The average molecular weight is 409 g/mol. The molecule has 3 aromatic rings. The topological polar surface area (TPSA) is 94.0 Å². The molecule has 156 valence electrons. The summed E-state index contributed by atoms with van der Waals surface area (Å²) >= 11 is 0. The molecule has 0 atom stereocenters. The number of benzene rings is 2. The number of carbonyl (C=O) groups excluding carboxylic acids is 1. The first-order valence-corrected chi connectivity index (χ1v) is 9.68. The SMILES string of the molecule is CCN(CCO)c1ncc(-c2c3c(cc4cc(OC)c(OC)cc24)COC3=O)cn1. The van der Waals surface area contributed by atoms with Gasteiger partial charge in [0.2, 0.25) is 5.95 Å². The van der Waals surface area contributed by atoms with Crippen molar-refractivity contribution in [2.75, 3.05) is 38.8 Å². The number of nitrogens with zero attached hydrogens (tertiary/aromatic N) is 3. The second-order valence-corrected chi connectivity index (χ2v) is 6.87. The van der Waals surface area contributed by atoms with Crippen molar-refractivity contribution in [2.45, 2.75) is 13.5 Å². The number of rotatable bonds is 7. The van der Waals surface area contributed by atoms with Gasteiger partial charge < -0.3 is 24.2 Å². The molecule has 0 saturated heterocycles. The number of fused-ring (bicyclic) bond motifs is 2. The van der Waals surface area contributed by atoms with Crippen LogP contribution in [0.4, 0.5) is 5.95 Å². The number of hydrogen-bond acceptors (Lipinski definition) is 8. The largest absolute Gasteiger partial charge is 0.493 e. The zero-order valence-corrected chi connectivity index (χ0v) is 17.1. The lowest BCUT2D eigenvalue weighted by atomic mass is 9.91. The molecular weight excluding hydrogens is 386 g/mol. The summed E-state index contributed by atoms with van der Waals surface area (Å²) < 4.78 is 16.2. The van der Waals surface area contributed by atoms with Gasteiger partial charge in [-0.1, -0.05) is 0 Å². The average Bonchev–Trinajstić information content (AvgIpc) is 3.15. The highest BCUT2D eigenvalue weighted by Crippen LogP contribution is 2.42. The van der Waals surface area contributed by atoms with Crippen LogP contribution in [0.2, 0.25) is 0 Å². The lowest BCUT2D eigenvalue weighted by Crippen LogP contribution is -2.27. The zero-order valence-electron chi connectivity index (χ0n) is 17.1. The number of carbonyl (C=O) groups is 1. The number of likely N-dealkylation sites (N-methyl/N-ethyl adjacent to an activating group) is 1. The summed E-state index contributed by atoms with van der Waals surface area (Å²) in [5.41, 5.74) is 2.75. The summed E-state index contributed by atoms with van der Waals surface area (Å²) in [6.07, 6.45) is 3.39. The quantitative estimate of drug-likeness (QED) is 0.596. The first kappa shape index (κ1) is 19.9. The minimum absolute atomic E-state index is 0.0171. The van der Waals surface area contributed by atoms with E-state index in [1.165, 1.54) is 0 Å². The summed E-state index contributed by atoms with van der Waals surface area (Å²) in [6, 6.07) is 5.68. The number of hydrogen-bond donors (Lipinski definition) is 1. The number of aliphatic hydroxyl groups is 1. The number of anilines is 1. The monoisotopic (exact) mass is 409 g/mol. The number of aromatic nitrogens is 2. The van der Waals surface area contributed by atoms with Gasteiger partial charge in [0.05, 0.1) is 26.4 Å². The highest BCUT2D eigenvalue weighted by Gasteiger charge is 2.28. The smallest absolute Gasteiger partial charge is 0.339 e. The molecule has 0 aliphatic carbocycles. The van der Waals surface area contributed by atoms with Gasteiger partial charge in [0.1, 0.15) is 6.61 Å². The zero-order chi connectivity index (χ0) is 21.3. The van der Waals surface area contributed by atoms with Crippen LogP contribution in [0.15, 0.2) is 30.6 Å². The van der Waals surface area contributed by atoms with Gasteiger partial charge in [0.15, 0.2) is 11.5 Å². The van der Waals surface area contributed by atoms with Crippen molar-refractivity contribution in [3.8, 4) is 22.6 Å². The molecule has 1 aromatic heterocycles. The van der Waals surface area contributed by atoms with Crippen molar-refractivity contribution < 1.29 is 24.1 Å². The van der Waals surface area contributed by atoms with E-state index in [9.17, 15) is 9.90 Å². The predicted octanol–water partition coefficient (Wildman–Crippen LogP) is 2.80. The minimum atomic E-state index is -0.365. The van der Waals surface area contributed by atoms with Gasteiger partial charge in [-0.2, -0.15) is 0 Å². The maximum Gasteiger partial charge on any atom is 0.339 e. The fourth-order valence-corrected chi connectivity index (χ4v) is 3.78. The first-order chi connectivity index (χ1) is 14.6. The van der Waals surface area contributed by atoms with Crippen molar-refractivity contribution in [2.24, 2.45) is 0 Å². The maximum absolute atomic E-state index is 12.5. The van der Waals surface area contributed by atoms with E-state index in [-0.39, 0.29) is 19.2 Å². The van der Waals surface area contributed by atoms with E-state index in [1.807, 2.05) is 30.0 Å². The Kier molecular flexibility index (Phi) is 5.41. The molecule has 1 N–H and O–H groups in total. The van der Waals surface area contributed by atoms with Crippen molar-refractivity contribution in [1.82, 2.24) is 9.97 Å². The molecular formula is C22H23N3O5. The van der Waals surface area contributed by atoms with Crippen molar-refractivity contribution in [3.05, 3.63) is 41.7 Å². The lowest BCUT2D eigenvalue weighted by molar-refractivity contribution is 0.0535. The second kappa shape index (κ2) is 8.16. The van der Waals surface area contributed by atoms with Crippen LogP contribution in [0.1, 0.15) is 22.8 Å². The third kappa shape index (κ3) is 3.29. The van der Waals surface area contributed by atoms with Crippen LogP contribution in [0.5, 0.6) is 11.5 Å². The van der Waals surface area contributed by atoms with Crippen molar-refractivity contribution in [3.63, 3.8) is 0 Å². The summed E-state index contributed by atoms with van der Waals surface area (Å²) in [5, 5.41) is 11.0. The number of aliphatic hydroxyl groups excluding tert-OH is 1. The third-order valence-electron chi connectivity index (χ3n) is 5.25. The Hall–Kier alpha value is -3.39. The van der Waals surface area contributed by atoms with Gasteiger partial charge in [0, 0.05) is 42.2 Å². The molecule has 0 radical (unpaired) electrons. The lowest BCUT2D eigenvalue weighted by Gasteiger charge is -2.19. The molecule has 0 bridgehead atoms. The molecule has 1 aliphatic heterocycles. The Morgan fingerprint density at radius 2 is 1.80 bits per heavy atom. The summed E-state index contributed by atoms with van der Waals surface area (Å²) in [4.78, 5) is 23.4. The Morgan fingerprint density at radius 1 is 1.10 bits per heavy atom. The van der Waals surface area contributed by atoms with E-state index in [1.54, 1.807) is 26.6 Å². The van der Waals surface area contributed by atoms with Crippen LogP contribution >= 0.6 is 0 Å². The molecule has 0 amide bonds. The van der Waals surface area contributed by atoms with Crippen molar-refractivity contribution >= 4 is 22.7 Å². The van der Waals surface area contributed by atoms with Gasteiger partial charge in [0.25, 0.3) is 0 Å². The summed E-state index contributed by atoms with van der Waals surface area (Å²) in [5.74, 6) is 1.33. The second-order valence-electron chi connectivity index (χ2n) is 6.87. The Labute approximate surface area is 174 Å². The Morgan fingerprint density at radius 3 is 2.43 bits per heavy atom. The molecule has 2 aromatic carbocycles. The van der Waals surface area contributed by atoms with Gasteiger partial charge in [-0.3, -0.25) is 0 Å². The Balaban J connectivity index is 1.93. The number of cyclic esters (lactones) is 1. The summed E-state index contributed by atoms with van der Waals surface area (Å²) in [6.45, 7) is 3.34. The van der Waals surface area contributed by atoms with Crippen LogP contribution in [-0.4, -0.2) is 55.0 Å². The fourth-order valence-electron chi connectivity index (χ4n) is 3.78. The molecule has 0 spiro atoms. The highest BCUT2D eigenvalue weighted by atomic mass is 16.5. The third-order valence-corrected chi connectivity index (χ3v) is 5.25. The fraction of sp³-hybridized carbons (Fsp3) is 0.318. The minimum Gasteiger partial charge on any atom is -0.493 e. The molecule has 1 aliphatic rings. The van der Waals surface area contributed by atoms with E-state index in [4.69, 9.17) is 14.2 Å². The van der Waals surface area contributed by atoms with Gasteiger partial charge in [-0.05, 0) is 35.9 Å². The first-order valence-electron chi connectivity index (χ1n) is 9.68. The van der Waals surface area contributed by atoms with E-state index in [0.29, 0.717) is 47.2 Å². The van der Waals surface area contributed by atoms with Crippen LogP contribution in [0, 0.1) is 0 Å². The molecule has 30 heavy (non-hydrogen) atoms.